The summed E-state index contributed by atoms with van der Waals surface area (Å²) in [6.45, 7) is 4.88. The van der Waals surface area contributed by atoms with Crippen LogP contribution in [0, 0.1) is 11.8 Å². The Labute approximate surface area is 367 Å². The maximum absolute atomic E-state index is 7.28. The van der Waals surface area contributed by atoms with Crippen LogP contribution in [0.15, 0.2) is 199 Å². The van der Waals surface area contributed by atoms with Crippen molar-refractivity contribution in [2.24, 2.45) is 11.8 Å². The van der Waals surface area contributed by atoms with E-state index in [1.165, 1.54) is 70.0 Å². The number of benzene rings is 6. The Morgan fingerprint density at radius 2 is 1.34 bits per heavy atom. The third kappa shape index (κ3) is 5.84. The number of thiophene rings is 1. The van der Waals surface area contributed by atoms with Gasteiger partial charge in [0.2, 0.25) is 0 Å². The first kappa shape index (κ1) is 37.2. The van der Waals surface area contributed by atoms with Gasteiger partial charge in [-0.1, -0.05) is 110 Å². The van der Waals surface area contributed by atoms with Crippen LogP contribution in [0.25, 0.3) is 31.5 Å². The normalized spacial score (nSPS) is 21.0. The topological polar surface area (TPSA) is 15.7 Å². The van der Waals surface area contributed by atoms with Gasteiger partial charge in [-0.15, -0.1) is 11.3 Å². The fraction of sp³-hybridized carbons (Fsp3) is 0.172. The minimum atomic E-state index is -0.320. The van der Waals surface area contributed by atoms with E-state index in [-0.39, 0.29) is 11.3 Å². The van der Waals surface area contributed by atoms with Crippen LogP contribution < -0.4 is 25.0 Å². The summed E-state index contributed by atoms with van der Waals surface area (Å²) in [5.74, 6) is 2.70. The molecule has 7 aromatic rings. The summed E-state index contributed by atoms with van der Waals surface area (Å²) >= 11 is 1.88. The molecule has 0 bridgehead atoms. The molecule has 0 amide bonds. The maximum atomic E-state index is 7.28. The quantitative estimate of drug-likeness (QED) is 0.159. The highest BCUT2D eigenvalue weighted by Crippen LogP contribution is 2.58. The Morgan fingerprint density at radius 3 is 2.15 bits per heavy atom. The molecule has 0 saturated carbocycles. The molecule has 3 atom stereocenters. The van der Waals surface area contributed by atoms with Gasteiger partial charge in [0.15, 0.2) is 0 Å². The number of hydrogen-bond acceptors (Lipinski definition) is 4. The van der Waals surface area contributed by atoms with Crippen LogP contribution in [0.2, 0.25) is 0 Å². The van der Waals surface area contributed by atoms with Crippen molar-refractivity contribution in [1.29, 1.82) is 0 Å². The lowest BCUT2D eigenvalue weighted by Gasteiger charge is -2.43. The third-order valence-electron chi connectivity index (χ3n) is 14.0. The van der Waals surface area contributed by atoms with Gasteiger partial charge < -0.3 is 14.5 Å². The molecule has 4 aliphatic carbocycles. The van der Waals surface area contributed by atoms with Gasteiger partial charge in [0.1, 0.15) is 11.5 Å². The van der Waals surface area contributed by atoms with Crippen molar-refractivity contribution < 1.29 is 4.74 Å². The zero-order valence-corrected chi connectivity index (χ0v) is 36.0. The van der Waals surface area contributed by atoms with Crippen molar-refractivity contribution in [3.05, 3.63) is 215 Å². The second kappa shape index (κ2) is 14.8. The number of nitrogens with zero attached hydrogens (tertiary/aromatic N) is 2. The van der Waals surface area contributed by atoms with E-state index in [0.29, 0.717) is 5.92 Å². The Bertz CT molecular complexity index is 3200. The van der Waals surface area contributed by atoms with Crippen LogP contribution >= 0.6 is 11.3 Å². The van der Waals surface area contributed by atoms with E-state index in [1.54, 1.807) is 0 Å². The van der Waals surface area contributed by atoms with Crippen LogP contribution in [0.5, 0.6) is 5.75 Å². The zero-order valence-electron chi connectivity index (χ0n) is 35.2. The zero-order chi connectivity index (χ0) is 41.4. The smallest absolute Gasteiger partial charge is 0.133 e. The van der Waals surface area contributed by atoms with Crippen LogP contribution in [0.1, 0.15) is 51.5 Å². The SMILES string of the molecule is CC1CC=CC2=c3cc(N(C4=CCCC=C4C4=CC=CCC4)c4ccc5sc6ccccc6c5c4)ccc3=C3Oc4cc(N(c5ccccc5)c5ccccc5)ccc4C3(C)C21. The Hall–Kier alpha value is -6.62. The minimum absolute atomic E-state index is 0.252. The predicted molar refractivity (Wildman–Crippen MR) is 261 cm³/mol. The largest absolute Gasteiger partial charge is 0.460 e. The number of hydrogen-bond donors (Lipinski definition) is 0. The molecule has 302 valence electrons. The number of fused-ring (bicyclic) bond motifs is 9. The second-order valence-electron chi connectivity index (χ2n) is 17.7. The standard InChI is InChI=1S/C58H48N2OS/c1-38-17-16-26-47-49-35-42(60(52-27-14-12-24-45(52)39-18-6-3-7-19-39)43-31-34-55-50(36-43)46-25-13-15-28-54(46)62-55)29-32-48(49)57-58(2,56(38)47)51-33-30-44(37-53(51)61-57)59(40-20-8-4-9-21-40)41-22-10-5-11-23-41/h3-6,8-11,13,15-16,18,20-38,56H,7,12,14,17,19H2,1-2H3. The molecule has 1 aliphatic heterocycles. The molecule has 5 aliphatic rings. The lowest BCUT2D eigenvalue weighted by atomic mass is 9.59. The van der Waals surface area contributed by atoms with Crippen molar-refractivity contribution in [2.75, 3.05) is 9.80 Å². The van der Waals surface area contributed by atoms with E-state index in [0.717, 1.165) is 60.7 Å². The van der Waals surface area contributed by atoms with Crippen molar-refractivity contribution in [1.82, 2.24) is 0 Å². The summed E-state index contributed by atoms with van der Waals surface area (Å²) in [6, 6.07) is 51.4. The molecule has 62 heavy (non-hydrogen) atoms. The maximum Gasteiger partial charge on any atom is 0.133 e. The molecule has 0 N–H and O–H groups in total. The minimum Gasteiger partial charge on any atom is -0.460 e. The lowest BCUT2D eigenvalue weighted by Crippen LogP contribution is -2.49. The first-order valence-corrected chi connectivity index (χ1v) is 23.1. The number of ether oxygens (including phenoxy) is 1. The van der Waals surface area contributed by atoms with Gasteiger partial charge in [0.05, 0.1) is 5.41 Å². The molecule has 2 heterocycles. The van der Waals surface area contributed by atoms with E-state index < -0.39 is 0 Å². The number of rotatable bonds is 7. The van der Waals surface area contributed by atoms with Crippen molar-refractivity contribution >= 4 is 71.3 Å². The van der Waals surface area contributed by atoms with Crippen LogP contribution in [-0.2, 0) is 5.41 Å². The summed E-state index contributed by atoms with van der Waals surface area (Å²) in [7, 11) is 0. The summed E-state index contributed by atoms with van der Waals surface area (Å²) in [5, 5.41) is 5.10. The monoisotopic (exact) mass is 820 g/mol. The molecule has 0 spiro atoms. The average Bonchev–Trinajstić information content (AvgIpc) is 3.85. The highest BCUT2D eigenvalue weighted by Gasteiger charge is 2.53. The molecule has 3 nitrogen and oxygen atoms in total. The Kier molecular flexibility index (Phi) is 8.86. The Morgan fingerprint density at radius 1 is 0.629 bits per heavy atom. The first-order valence-electron chi connectivity index (χ1n) is 22.3. The van der Waals surface area contributed by atoms with Gasteiger partial charge in [-0.25, -0.2) is 0 Å². The highest BCUT2D eigenvalue weighted by molar-refractivity contribution is 7.25. The Balaban J connectivity index is 1.05. The molecule has 6 aromatic carbocycles. The van der Waals surface area contributed by atoms with Gasteiger partial charge >= 0.3 is 0 Å². The van der Waals surface area contributed by atoms with Gasteiger partial charge in [0.25, 0.3) is 0 Å². The first-order chi connectivity index (χ1) is 30.5. The second-order valence-corrected chi connectivity index (χ2v) is 18.7. The van der Waals surface area contributed by atoms with Crippen molar-refractivity contribution in [3.63, 3.8) is 0 Å². The van der Waals surface area contributed by atoms with E-state index in [2.05, 4.69) is 206 Å². The molecule has 0 fully saturated rings. The number of para-hydroxylation sites is 2. The fourth-order valence-corrected chi connectivity index (χ4v) is 12.3. The average molecular weight is 821 g/mol. The summed E-state index contributed by atoms with van der Waals surface area (Å²) in [6.07, 6.45) is 21.9. The molecule has 0 radical (unpaired) electrons. The van der Waals surface area contributed by atoms with Crippen LogP contribution in [0.4, 0.5) is 28.4 Å². The lowest BCUT2D eigenvalue weighted by molar-refractivity contribution is 0.307. The molecule has 1 aromatic heterocycles. The predicted octanol–water partition coefficient (Wildman–Crippen LogP) is 14.4. The molecule has 4 heteroatoms. The number of anilines is 5. The fourth-order valence-electron chi connectivity index (χ4n) is 11.2. The van der Waals surface area contributed by atoms with Gasteiger partial charge in [-0.2, -0.15) is 0 Å². The molecule has 12 rings (SSSR count). The van der Waals surface area contributed by atoms with Gasteiger partial charge in [0, 0.05) is 77.1 Å². The van der Waals surface area contributed by atoms with E-state index >= 15 is 0 Å². The van der Waals surface area contributed by atoms with E-state index in [4.69, 9.17) is 4.74 Å². The summed E-state index contributed by atoms with van der Waals surface area (Å²) in [5.41, 5.74) is 12.1. The van der Waals surface area contributed by atoms with Gasteiger partial charge in [-0.3, -0.25) is 0 Å². The molecule has 0 saturated heterocycles. The number of allylic oxidation sites excluding steroid dienone is 8. The molecular formula is C58H48N2OS. The molecule has 3 unspecified atom stereocenters. The van der Waals surface area contributed by atoms with E-state index in [9.17, 15) is 0 Å². The van der Waals surface area contributed by atoms with Crippen LogP contribution in [0.3, 0.4) is 0 Å². The van der Waals surface area contributed by atoms with Crippen molar-refractivity contribution in [2.45, 2.75) is 51.4 Å². The highest BCUT2D eigenvalue weighted by atomic mass is 32.1. The van der Waals surface area contributed by atoms with Crippen LogP contribution in [-0.4, -0.2) is 0 Å². The summed E-state index contributed by atoms with van der Waals surface area (Å²) < 4.78 is 9.93. The van der Waals surface area contributed by atoms with Crippen molar-refractivity contribution in [3.8, 4) is 5.75 Å². The van der Waals surface area contributed by atoms with E-state index in [1.807, 2.05) is 11.3 Å². The van der Waals surface area contributed by atoms with Gasteiger partial charge in [-0.05, 0) is 140 Å². The molecular weight excluding hydrogens is 773 g/mol. The third-order valence-corrected chi connectivity index (χ3v) is 15.1. The summed E-state index contributed by atoms with van der Waals surface area (Å²) in [4.78, 5) is 4.88.